The highest BCUT2D eigenvalue weighted by Gasteiger charge is 2.02. The van der Waals surface area contributed by atoms with Crippen molar-refractivity contribution in [3.05, 3.63) is 30.5 Å². The van der Waals surface area contributed by atoms with Crippen LogP contribution in [0.15, 0.2) is 24.9 Å². The van der Waals surface area contributed by atoms with Crippen molar-refractivity contribution in [1.29, 1.82) is 5.26 Å². The van der Waals surface area contributed by atoms with Crippen molar-refractivity contribution in [2.45, 2.75) is 0 Å². The molecule has 0 saturated carbocycles. The number of hydrogen-bond donors (Lipinski definition) is 2. The number of nitrogens with two attached hydrogens (primary N) is 1. The molecule has 4 nitrogen and oxygen atoms in total. The van der Waals surface area contributed by atoms with Gasteiger partial charge in [0.15, 0.2) is 0 Å². The summed E-state index contributed by atoms with van der Waals surface area (Å²) in [6.45, 7) is 4.41. The van der Waals surface area contributed by atoms with Crippen LogP contribution in [0.4, 0.5) is 11.5 Å². The van der Waals surface area contributed by atoms with Gasteiger partial charge in [0.1, 0.15) is 11.9 Å². The van der Waals surface area contributed by atoms with Crippen LogP contribution >= 0.6 is 11.8 Å². The van der Waals surface area contributed by atoms with Crippen molar-refractivity contribution in [2.24, 2.45) is 0 Å². The maximum Gasteiger partial charge on any atom is 0.144 e. The fourth-order valence-electron chi connectivity index (χ4n) is 1.12. The van der Waals surface area contributed by atoms with Gasteiger partial charge in [-0.05, 0) is 6.07 Å². The van der Waals surface area contributed by atoms with Crippen molar-refractivity contribution < 1.29 is 0 Å². The topological polar surface area (TPSA) is 74.7 Å². The summed E-state index contributed by atoms with van der Waals surface area (Å²) in [5.41, 5.74) is 6.52. The van der Waals surface area contributed by atoms with Crippen molar-refractivity contribution in [3.63, 3.8) is 0 Å². The quantitative estimate of drug-likeness (QED) is 0.580. The van der Waals surface area contributed by atoms with Gasteiger partial charge in [0.2, 0.25) is 0 Å². The van der Waals surface area contributed by atoms with Crippen LogP contribution in [-0.2, 0) is 0 Å². The van der Waals surface area contributed by atoms with Gasteiger partial charge in [0.05, 0.1) is 17.4 Å². The first-order chi connectivity index (χ1) is 7.77. The Labute approximate surface area is 99.6 Å². The predicted octanol–water partition coefficient (Wildman–Crippen LogP) is 1.87. The molecule has 16 heavy (non-hydrogen) atoms. The second kappa shape index (κ2) is 6.75. The minimum atomic E-state index is 0.480. The number of pyridine rings is 1. The van der Waals surface area contributed by atoms with E-state index < -0.39 is 0 Å². The van der Waals surface area contributed by atoms with E-state index in [1.807, 2.05) is 6.08 Å². The maximum atomic E-state index is 8.88. The number of hydrogen-bond acceptors (Lipinski definition) is 5. The lowest BCUT2D eigenvalue weighted by atomic mass is 10.2. The van der Waals surface area contributed by atoms with E-state index in [-0.39, 0.29) is 0 Å². The van der Waals surface area contributed by atoms with Crippen LogP contribution in [0, 0.1) is 11.3 Å². The highest BCUT2D eigenvalue weighted by atomic mass is 32.2. The van der Waals surface area contributed by atoms with Gasteiger partial charge in [-0.2, -0.15) is 17.0 Å². The van der Waals surface area contributed by atoms with Gasteiger partial charge in [-0.25, -0.2) is 4.98 Å². The highest BCUT2D eigenvalue weighted by Crippen LogP contribution is 2.14. The Bertz CT molecular complexity index is 397. The first-order valence-electron chi connectivity index (χ1n) is 4.86. The van der Waals surface area contributed by atoms with E-state index in [0.717, 1.165) is 18.1 Å². The first kappa shape index (κ1) is 12.4. The fourth-order valence-corrected chi connectivity index (χ4v) is 1.70. The summed E-state index contributed by atoms with van der Waals surface area (Å²) in [7, 11) is 0. The molecule has 3 N–H and O–H groups in total. The largest absolute Gasteiger partial charge is 0.397 e. The van der Waals surface area contributed by atoms with Gasteiger partial charge in [-0.15, -0.1) is 6.58 Å². The average molecular weight is 234 g/mol. The smallest absolute Gasteiger partial charge is 0.144 e. The van der Waals surface area contributed by atoms with E-state index in [9.17, 15) is 0 Å². The van der Waals surface area contributed by atoms with Crippen LogP contribution in [0.25, 0.3) is 0 Å². The van der Waals surface area contributed by atoms with Crippen molar-refractivity contribution in [3.8, 4) is 6.07 Å². The minimum absolute atomic E-state index is 0.480. The van der Waals surface area contributed by atoms with E-state index in [4.69, 9.17) is 11.0 Å². The van der Waals surface area contributed by atoms with Crippen LogP contribution in [0.2, 0.25) is 0 Å². The molecule has 0 saturated heterocycles. The molecule has 1 aromatic heterocycles. The Morgan fingerprint density at radius 1 is 1.69 bits per heavy atom. The monoisotopic (exact) mass is 234 g/mol. The lowest BCUT2D eigenvalue weighted by molar-refractivity contribution is 1.16. The Balaban J connectivity index is 2.48. The molecule has 1 aromatic rings. The van der Waals surface area contributed by atoms with Gasteiger partial charge < -0.3 is 11.1 Å². The predicted molar refractivity (Wildman–Crippen MR) is 69.4 cm³/mol. The number of anilines is 2. The van der Waals surface area contributed by atoms with E-state index >= 15 is 0 Å². The number of aromatic nitrogens is 1. The molecule has 84 valence electrons. The third-order valence-electron chi connectivity index (χ3n) is 1.80. The number of nitrogens with one attached hydrogen (secondary N) is 1. The standard InChI is InChI=1S/C11H14N4S/c1-2-4-16-5-3-14-11-9(7-12)6-10(13)8-15-11/h2,6,8H,1,3-5,13H2,(H,14,15). The van der Waals surface area contributed by atoms with Crippen molar-refractivity contribution in [1.82, 2.24) is 4.98 Å². The molecular weight excluding hydrogens is 220 g/mol. The Morgan fingerprint density at radius 3 is 3.19 bits per heavy atom. The molecule has 0 aliphatic carbocycles. The lowest BCUT2D eigenvalue weighted by Gasteiger charge is -2.06. The van der Waals surface area contributed by atoms with E-state index in [2.05, 4.69) is 22.9 Å². The molecule has 0 aliphatic heterocycles. The summed E-state index contributed by atoms with van der Waals surface area (Å²) in [5.74, 6) is 2.47. The zero-order chi connectivity index (χ0) is 11.8. The summed E-state index contributed by atoms with van der Waals surface area (Å²) in [6, 6.07) is 3.68. The van der Waals surface area contributed by atoms with Crippen LogP contribution in [0.3, 0.4) is 0 Å². The second-order valence-corrected chi connectivity index (χ2v) is 4.22. The SMILES string of the molecule is C=CCSCCNc1ncc(N)cc1C#N. The lowest BCUT2D eigenvalue weighted by Crippen LogP contribution is -2.08. The number of thioether (sulfide) groups is 1. The summed E-state index contributed by atoms with van der Waals surface area (Å²) in [6.07, 6.45) is 3.41. The number of rotatable bonds is 6. The normalized spacial score (nSPS) is 9.44. The molecule has 0 aromatic carbocycles. The summed E-state index contributed by atoms with van der Waals surface area (Å²) >= 11 is 1.77. The molecule has 1 rings (SSSR count). The van der Waals surface area contributed by atoms with Gasteiger partial charge in [-0.1, -0.05) is 6.08 Å². The van der Waals surface area contributed by atoms with Crippen LogP contribution in [0.1, 0.15) is 5.56 Å². The Morgan fingerprint density at radius 2 is 2.50 bits per heavy atom. The molecular formula is C11H14N4S. The molecule has 0 bridgehead atoms. The molecule has 0 fully saturated rings. The third kappa shape index (κ3) is 3.83. The average Bonchev–Trinajstić information content (AvgIpc) is 2.30. The van der Waals surface area contributed by atoms with Crippen LogP contribution in [-0.4, -0.2) is 23.0 Å². The second-order valence-electron chi connectivity index (χ2n) is 3.07. The number of nitrogen functional groups attached to an aromatic ring is 1. The third-order valence-corrected chi connectivity index (χ3v) is 2.77. The molecule has 0 unspecified atom stereocenters. The van der Waals surface area contributed by atoms with Gasteiger partial charge in [0, 0.05) is 18.1 Å². The highest BCUT2D eigenvalue weighted by molar-refractivity contribution is 7.99. The van der Waals surface area contributed by atoms with Gasteiger partial charge in [-0.3, -0.25) is 0 Å². The molecule has 0 radical (unpaired) electrons. The zero-order valence-electron chi connectivity index (χ0n) is 8.94. The van der Waals surface area contributed by atoms with Crippen molar-refractivity contribution in [2.75, 3.05) is 29.1 Å². The van der Waals surface area contributed by atoms with Gasteiger partial charge >= 0.3 is 0 Å². The molecule has 0 amide bonds. The number of nitrogens with zero attached hydrogens (tertiary/aromatic N) is 2. The van der Waals surface area contributed by atoms with Crippen LogP contribution in [0.5, 0.6) is 0 Å². The summed E-state index contributed by atoms with van der Waals surface area (Å²) in [5, 5.41) is 12.0. The van der Waals surface area contributed by atoms with E-state index in [1.165, 1.54) is 0 Å². The molecule has 0 atom stereocenters. The minimum Gasteiger partial charge on any atom is -0.397 e. The van der Waals surface area contributed by atoms with E-state index in [0.29, 0.717) is 17.1 Å². The van der Waals surface area contributed by atoms with Crippen molar-refractivity contribution >= 4 is 23.3 Å². The molecule has 0 aliphatic rings. The fraction of sp³-hybridized carbons (Fsp3) is 0.273. The molecule has 5 heteroatoms. The Hall–Kier alpha value is -1.67. The van der Waals surface area contributed by atoms with Crippen LogP contribution < -0.4 is 11.1 Å². The number of nitriles is 1. The summed E-state index contributed by atoms with van der Waals surface area (Å²) in [4.78, 5) is 4.08. The zero-order valence-corrected chi connectivity index (χ0v) is 9.76. The maximum absolute atomic E-state index is 8.88. The van der Waals surface area contributed by atoms with Gasteiger partial charge in [0.25, 0.3) is 0 Å². The summed E-state index contributed by atoms with van der Waals surface area (Å²) < 4.78 is 0. The Kier molecular flexibility index (Phi) is 5.23. The molecule has 0 spiro atoms. The first-order valence-corrected chi connectivity index (χ1v) is 6.01. The molecule has 1 heterocycles. The van der Waals surface area contributed by atoms with E-state index in [1.54, 1.807) is 24.0 Å².